The van der Waals surface area contributed by atoms with E-state index in [-0.39, 0.29) is 12.3 Å². The first-order chi connectivity index (χ1) is 50.3. The van der Waals surface area contributed by atoms with Gasteiger partial charge < -0.3 is 89.9 Å². The van der Waals surface area contributed by atoms with E-state index in [2.05, 4.69) is 135 Å². The van der Waals surface area contributed by atoms with E-state index in [4.69, 9.17) is 28.4 Å². The van der Waals surface area contributed by atoms with E-state index in [0.717, 1.165) is 77.0 Å². The van der Waals surface area contributed by atoms with E-state index in [1.54, 1.807) is 6.08 Å². The van der Waals surface area contributed by atoms with Crippen LogP contribution >= 0.6 is 0 Å². The van der Waals surface area contributed by atoms with Gasteiger partial charge in [-0.3, -0.25) is 4.79 Å². The molecule has 3 fully saturated rings. The molecule has 0 aromatic heterocycles. The fourth-order valence-electron chi connectivity index (χ4n) is 12.6. The van der Waals surface area contributed by atoms with Crippen molar-refractivity contribution in [2.75, 3.05) is 26.4 Å². The van der Waals surface area contributed by atoms with Crippen LogP contribution in [0, 0.1) is 0 Å². The number of rotatable bonds is 61. The van der Waals surface area contributed by atoms with Crippen LogP contribution in [0.2, 0.25) is 0 Å². The van der Waals surface area contributed by atoms with Crippen LogP contribution in [0.4, 0.5) is 0 Å². The van der Waals surface area contributed by atoms with E-state index in [0.29, 0.717) is 19.3 Å². The summed E-state index contributed by atoms with van der Waals surface area (Å²) in [5.41, 5.74) is 0. The number of unbranched alkanes of at least 4 members (excludes halogenated alkanes) is 25. The first-order valence-electron chi connectivity index (χ1n) is 39.9. The summed E-state index contributed by atoms with van der Waals surface area (Å²) in [6, 6.07) is -1.03. The molecule has 0 radical (unpaired) electrons. The second-order valence-electron chi connectivity index (χ2n) is 27.8. The van der Waals surface area contributed by atoms with Crippen molar-refractivity contribution < 1.29 is 89.4 Å². The molecule has 1 amide bonds. The molecule has 3 aliphatic heterocycles. The van der Waals surface area contributed by atoms with E-state index >= 15 is 0 Å². The average molecular weight is 1450 g/mol. The highest BCUT2D eigenvalue weighted by Crippen LogP contribution is 2.33. The van der Waals surface area contributed by atoms with Crippen LogP contribution in [-0.2, 0) is 33.2 Å². The lowest BCUT2D eigenvalue weighted by Gasteiger charge is -2.48. The Bertz CT molecular complexity index is 2380. The molecule has 17 atom stereocenters. The van der Waals surface area contributed by atoms with Crippen LogP contribution in [-0.4, -0.2) is 193 Å². The van der Waals surface area contributed by atoms with Crippen molar-refractivity contribution in [2.45, 2.75) is 362 Å². The Morgan fingerprint density at radius 2 is 0.680 bits per heavy atom. The predicted molar refractivity (Wildman–Crippen MR) is 410 cm³/mol. The fourth-order valence-corrected chi connectivity index (χ4v) is 12.6. The zero-order valence-electron chi connectivity index (χ0n) is 63.0. The summed E-state index contributed by atoms with van der Waals surface area (Å²) in [5.74, 6) is -0.347. The Kier molecular flexibility index (Phi) is 56.9. The summed E-state index contributed by atoms with van der Waals surface area (Å²) < 4.78 is 34.4. The van der Waals surface area contributed by atoms with Gasteiger partial charge in [0.15, 0.2) is 18.9 Å². The Morgan fingerprint density at radius 1 is 0.359 bits per heavy atom. The van der Waals surface area contributed by atoms with E-state index in [1.165, 1.54) is 141 Å². The lowest BCUT2D eigenvalue weighted by molar-refractivity contribution is -0.379. The third kappa shape index (κ3) is 42.9. The van der Waals surface area contributed by atoms with Crippen molar-refractivity contribution in [2.24, 2.45) is 0 Å². The summed E-state index contributed by atoms with van der Waals surface area (Å²) >= 11 is 0. The second-order valence-corrected chi connectivity index (χ2v) is 27.8. The van der Waals surface area contributed by atoms with Crippen molar-refractivity contribution in [1.29, 1.82) is 0 Å². The normalized spacial score (nSPS) is 26.8. The minimum absolute atomic E-state index is 0.146. The zero-order chi connectivity index (χ0) is 74.6. The standard InChI is InChI=1S/C84H141NO18/c1-3-5-7-9-11-13-15-17-19-21-23-25-27-29-31-33-35-37-39-41-43-45-47-49-51-53-55-57-59-61-68(89)67(85-72(90)62-60-58-56-54-52-50-48-46-44-42-40-38-36-34-32-30-28-26-24-22-20-18-16-14-12-10-8-6-4-2)66-98-82-78(96)75(93)80(70(64-87)100-82)103-84-79(97)76(94)81(71(65-88)101-84)102-83-77(95)74(92)73(91)69(63-86)99-83/h6,8,12,14,18,20,24,26,30,32,36,38,42,44,48,50-51,53-54,56,59,61,67-71,73-84,86-89,91-97H,3-5,7,9-11,13,15-17,19,21-23,25,27-29,31,33-35,37,39-41,43,45-47,49,52,55,57-58,60,62-66H2,1-2H3,(H,85,90)/b8-6-,14-12-,20-18-,26-24-,32-30-,38-36-,44-42-,50-48-,53-51+,56-54-,61-59+. The topological polar surface area (TPSA) is 307 Å². The number of carbonyl (C=O) groups is 1. The van der Waals surface area contributed by atoms with Gasteiger partial charge in [-0.1, -0.05) is 289 Å². The van der Waals surface area contributed by atoms with Crippen molar-refractivity contribution in [1.82, 2.24) is 5.32 Å². The van der Waals surface area contributed by atoms with Crippen LogP contribution in [0.5, 0.6) is 0 Å². The molecule has 3 rings (SSSR count). The van der Waals surface area contributed by atoms with Crippen molar-refractivity contribution in [3.05, 3.63) is 134 Å². The third-order valence-corrected chi connectivity index (χ3v) is 18.9. The number of carbonyl (C=O) groups excluding carboxylic acids is 1. The average Bonchev–Trinajstić information content (AvgIpc) is 0.781. The Hall–Kier alpha value is -4.07. The number of nitrogens with one attached hydrogen (secondary N) is 1. The first-order valence-corrected chi connectivity index (χ1v) is 39.9. The molecule has 0 saturated carbocycles. The molecule has 0 aromatic carbocycles. The molecule has 19 nitrogen and oxygen atoms in total. The first kappa shape index (κ1) is 93.1. The highest BCUT2D eigenvalue weighted by atomic mass is 16.8. The van der Waals surface area contributed by atoms with Gasteiger partial charge in [-0.2, -0.15) is 0 Å². The van der Waals surface area contributed by atoms with Crippen molar-refractivity contribution in [3.8, 4) is 0 Å². The highest BCUT2D eigenvalue weighted by molar-refractivity contribution is 5.76. The van der Waals surface area contributed by atoms with Crippen LogP contribution in [0.1, 0.15) is 258 Å². The zero-order valence-corrected chi connectivity index (χ0v) is 63.0. The molecule has 19 heteroatoms. The highest BCUT2D eigenvalue weighted by Gasteiger charge is 2.53. The summed E-state index contributed by atoms with van der Waals surface area (Å²) in [6.07, 6.45) is 63.0. The Morgan fingerprint density at radius 3 is 1.09 bits per heavy atom. The lowest BCUT2D eigenvalue weighted by atomic mass is 9.96. The molecule has 103 heavy (non-hydrogen) atoms. The number of amides is 1. The summed E-state index contributed by atoms with van der Waals surface area (Å²) in [4.78, 5) is 13.4. The van der Waals surface area contributed by atoms with Gasteiger partial charge in [-0.15, -0.1) is 0 Å². The van der Waals surface area contributed by atoms with Gasteiger partial charge in [0.05, 0.1) is 38.6 Å². The van der Waals surface area contributed by atoms with E-state index < -0.39 is 131 Å². The van der Waals surface area contributed by atoms with E-state index in [1.807, 2.05) is 12.2 Å². The Balaban J connectivity index is 1.43. The molecule has 590 valence electrons. The summed E-state index contributed by atoms with van der Waals surface area (Å²) in [6.45, 7) is 1.57. The maximum atomic E-state index is 13.4. The second kappa shape index (κ2) is 62.9. The maximum Gasteiger partial charge on any atom is 0.220 e. The molecule has 0 aromatic rings. The number of hydrogen-bond donors (Lipinski definition) is 12. The predicted octanol–water partition coefficient (Wildman–Crippen LogP) is 13.3. The number of aliphatic hydroxyl groups is 11. The molecule has 3 saturated heterocycles. The SMILES string of the molecule is CC/C=C\C/C=C\C/C=C\C/C=C\C/C=C\C/C=C\C/C=C\C/C=C\C/C=C\CCCC(=O)NC(COC1OC(CO)C(OC2OC(CO)C(OC3OC(CO)C(O)C(O)C3O)C(O)C2O)C(O)C1O)C(O)/C=C/CC/C=C/CCCCCCCCCCCCCCCCCCCCCCCCC. The maximum absolute atomic E-state index is 13.4. The summed E-state index contributed by atoms with van der Waals surface area (Å²) in [5, 5.41) is 121. The van der Waals surface area contributed by atoms with Crippen LogP contribution < -0.4 is 5.32 Å². The molecule has 0 spiro atoms. The van der Waals surface area contributed by atoms with Gasteiger partial charge >= 0.3 is 0 Å². The molecular formula is C84H141NO18. The molecular weight excluding hydrogens is 1310 g/mol. The quantitative estimate of drug-likeness (QED) is 0.0199. The monoisotopic (exact) mass is 1450 g/mol. The van der Waals surface area contributed by atoms with Gasteiger partial charge in [0.1, 0.15) is 73.2 Å². The molecule has 3 heterocycles. The van der Waals surface area contributed by atoms with Gasteiger partial charge in [0.25, 0.3) is 0 Å². The fraction of sp³-hybridized carbons (Fsp3) is 0.726. The number of allylic oxidation sites excluding steroid dienone is 21. The smallest absolute Gasteiger partial charge is 0.220 e. The van der Waals surface area contributed by atoms with Gasteiger partial charge in [0, 0.05) is 6.42 Å². The molecule has 17 unspecified atom stereocenters. The number of aliphatic hydroxyl groups excluding tert-OH is 11. The van der Waals surface area contributed by atoms with Gasteiger partial charge in [-0.05, 0) is 96.3 Å². The van der Waals surface area contributed by atoms with Crippen molar-refractivity contribution >= 4 is 5.91 Å². The van der Waals surface area contributed by atoms with Crippen LogP contribution in [0.25, 0.3) is 0 Å². The molecule has 0 bridgehead atoms. The third-order valence-electron chi connectivity index (χ3n) is 18.9. The van der Waals surface area contributed by atoms with E-state index in [9.17, 15) is 61.0 Å². The molecule has 3 aliphatic rings. The largest absolute Gasteiger partial charge is 0.394 e. The number of hydrogen-bond acceptors (Lipinski definition) is 18. The lowest BCUT2D eigenvalue weighted by Crippen LogP contribution is -2.66. The molecule has 0 aliphatic carbocycles. The Labute approximate surface area is 620 Å². The van der Waals surface area contributed by atoms with Gasteiger partial charge in [-0.25, -0.2) is 0 Å². The minimum atomic E-state index is -1.99. The van der Waals surface area contributed by atoms with Gasteiger partial charge in [0.2, 0.25) is 5.91 Å². The van der Waals surface area contributed by atoms with Crippen LogP contribution in [0.15, 0.2) is 134 Å². The molecule has 12 N–H and O–H groups in total. The van der Waals surface area contributed by atoms with Crippen LogP contribution in [0.3, 0.4) is 0 Å². The number of ether oxygens (including phenoxy) is 6. The minimum Gasteiger partial charge on any atom is -0.394 e. The summed E-state index contributed by atoms with van der Waals surface area (Å²) in [7, 11) is 0. The van der Waals surface area contributed by atoms with Crippen molar-refractivity contribution in [3.63, 3.8) is 0 Å².